The molecule has 1 aliphatic carbocycles. The van der Waals surface area contributed by atoms with Crippen LogP contribution in [0.5, 0.6) is 0 Å². The van der Waals surface area contributed by atoms with Crippen molar-refractivity contribution >= 4 is 28.6 Å². The van der Waals surface area contributed by atoms with E-state index in [1.54, 1.807) is 0 Å². The van der Waals surface area contributed by atoms with Gasteiger partial charge in [0.15, 0.2) is 0 Å². The van der Waals surface area contributed by atoms with Crippen molar-refractivity contribution in [2.75, 3.05) is 18.6 Å². The molecule has 0 aliphatic heterocycles. The summed E-state index contributed by atoms with van der Waals surface area (Å²) in [5.74, 6) is -1.71. The van der Waals surface area contributed by atoms with Gasteiger partial charge in [-0.15, -0.1) is 0 Å². The van der Waals surface area contributed by atoms with Gasteiger partial charge in [0.1, 0.15) is 11.8 Å². The summed E-state index contributed by atoms with van der Waals surface area (Å²) in [5, 5.41) is 5.06. The van der Waals surface area contributed by atoms with Crippen LogP contribution in [0.2, 0.25) is 0 Å². The molecule has 0 spiro atoms. The molecular weight excluding hydrogens is 272 g/mol. The van der Waals surface area contributed by atoms with Crippen LogP contribution >= 0.6 is 0 Å². The first-order chi connectivity index (χ1) is 8.92. The van der Waals surface area contributed by atoms with Crippen molar-refractivity contribution in [3.63, 3.8) is 0 Å². The topological polar surface area (TPSA) is 102 Å². The molecule has 2 unspecified atom stereocenters. The number of methoxy groups -OCH3 is 1. The summed E-state index contributed by atoms with van der Waals surface area (Å²) in [6.07, 6.45) is 1.91. The molecular formula is C11H18N2O5S. The first kappa shape index (κ1) is 15.6. The fraction of sp³-hybridized carbons (Fsp3) is 0.727. The van der Waals surface area contributed by atoms with Crippen LogP contribution in [-0.4, -0.2) is 52.7 Å². The molecule has 0 aromatic carbocycles. The lowest BCUT2D eigenvalue weighted by molar-refractivity contribution is -0.144. The first-order valence-electron chi connectivity index (χ1n) is 5.91. The molecule has 0 bridgehead atoms. The Labute approximate surface area is 113 Å². The van der Waals surface area contributed by atoms with Crippen LogP contribution in [0, 0.1) is 0 Å². The maximum absolute atomic E-state index is 11.8. The number of carbonyl (C=O) groups is 3. The van der Waals surface area contributed by atoms with E-state index in [9.17, 15) is 18.6 Å². The molecule has 7 nitrogen and oxygen atoms in total. The summed E-state index contributed by atoms with van der Waals surface area (Å²) in [6.45, 7) is 1.25. The zero-order valence-electron chi connectivity index (χ0n) is 10.9. The van der Waals surface area contributed by atoms with Crippen molar-refractivity contribution < 1.29 is 23.3 Å². The third kappa shape index (κ3) is 6.32. The minimum Gasteiger partial charge on any atom is -0.467 e. The highest BCUT2D eigenvalue weighted by Crippen LogP contribution is 2.18. The molecule has 1 rings (SSSR count). The molecule has 108 valence electrons. The third-order valence-electron chi connectivity index (χ3n) is 2.45. The van der Waals surface area contributed by atoms with Crippen molar-refractivity contribution in [2.24, 2.45) is 0 Å². The Hall–Kier alpha value is -1.44. The van der Waals surface area contributed by atoms with Crippen LogP contribution < -0.4 is 10.6 Å². The van der Waals surface area contributed by atoms with Gasteiger partial charge in [0.25, 0.3) is 0 Å². The van der Waals surface area contributed by atoms with Crippen LogP contribution in [0.1, 0.15) is 19.8 Å². The Kier molecular flexibility index (Phi) is 5.94. The predicted octanol–water partition coefficient (Wildman–Crippen LogP) is -1.31. The second-order valence-electron chi connectivity index (χ2n) is 4.37. The predicted molar refractivity (Wildman–Crippen MR) is 68.7 cm³/mol. The average Bonchev–Trinajstić information content (AvgIpc) is 3.09. The van der Waals surface area contributed by atoms with Crippen molar-refractivity contribution in [2.45, 2.75) is 31.8 Å². The number of amides is 2. The van der Waals surface area contributed by atoms with Crippen molar-refractivity contribution in [1.82, 2.24) is 10.6 Å². The lowest BCUT2D eigenvalue weighted by Gasteiger charge is -2.14. The van der Waals surface area contributed by atoms with E-state index >= 15 is 0 Å². The summed E-state index contributed by atoms with van der Waals surface area (Å²) in [6, 6.07) is -0.784. The lowest BCUT2D eigenvalue weighted by atomic mass is 10.3. The zero-order valence-corrected chi connectivity index (χ0v) is 11.7. The van der Waals surface area contributed by atoms with Crippen LogP contribution in [-0.2, 0) is 29.9 Å². The van der Waals surface area contributed by atoms with Gasteiger partial charge < -0.3 is 15.4 Å². The highest BCUT2D eigenvalue weighted by atomic mass is 32.2. The molecule has 8 heteroatoms. The van der Waals surface area contributed by atoms with Gasteiger partial charge in [-0.25, -0.2) is 4.79 Å². The lowest BCUT2D eigenvalue weighted by Crippen LogP contribution is -2.45. The van der Waals surface area contributed by atoms with E-state index in [0.29, 0.717) is 0 Å². The van der Waals surface area contributed by atoms with Crippen LogP contribution in [0.3, 0.4) is 0 Å². The summed E-state index contributed by atoms with van der Waals surface area (Å²) in [4.78, 5) is 33.8. The van der Waals surface area contributed by atoms with Gasteiger partial charge in [-0.1, -0.05) is 0 Å². The summed E-state index contributed by atoms with van der Waals surface area (Å²) in [7, 11) is -0.355. The molecule has 1 saturated carbocycles. The summed E-state index contributed by atoms with van der Waals surface area (Å²) >= 11 is 0. The third-order valence-corrected chi connectivity index (χ3v) is 3.74. The molecule has 0 saturated heterocycles. The Morgan fingerprint density at radius 1 is 1.37 bits per heavy atom. The molecule has 0 aromatic rings. The smallest absolute Gasteiger partial charge is 0.329 e. The molecule has 1 fully saturated rings. The molecule has 0 radical (unpaired) electrons. The molecule has 19 heavy (non-hydrogen) atoms. The van der Waals surface area contributed by atoms with Crippen LogP contribution in [0.15, 0.2) is 0 Å². The summed E-state index contributed by atoms with van der Waals surface area (Å²) in [5.41, 5.74) is 0. The van der Waals surface area contributed by atoms with Gasteiger partial charge in [0, 0.05) is 23.8 Å². The highest BCUT2D eigenvalue weighted by molar-refractivity contribution is 7.85. The van der Waals surface area contributed by atoms with Gasteiger partial charge in [0.2, 0.25) is 11.8 Å². The second-order valence-corrected chi connectivity index (χ2v) is 5.87. The molecule has 1 aliphatic rings. The van der Waals surface area contributed by atoms with Crippen molar-refractivity contribution in [1.29, 1.82) is 0 Å². The zero-order chi connectivity index (χ0) is 14.4. The Balaban J connectivity index is 2.42. The van der Waals surface area contributed by atoms with Crippen molar-refractivity contribution in [3.8, 4) is 0 Å². The molecule has 0 aromatic heterocycles. The fourth-order valence-electron chi connectivity index (χ4n) is 1.44. The van der Waals surface area contributed by atoms with Gasteiger partial charge in [-0.3, -0.25) is 13.8 Å². The maximum Gasteiger partial charge on any atom is 0.329 e. The second kappa shape index (κ2) is 7.22. The quantitative estimate of drug-likeness (QED) is 0.567. The minimum atomic E-state index is -1.54. The molecule has 2 amide bonds. The number of nitrogens with one attached hydrogen (secondary N) is 2. The van der Waals surface area contributed by atoms with Gasteiger partial charge in [-0.2, -0.15) is 0 Å². The number of hydrogen-bond donors (Lipinski definition) is 2. The number of rotatable bonds is 7. The Morgan fingerprint density at radius 3 is 2.47 bits per heavy atom. The normalized spacial score (nSPS) is 17.2. The average molecular weight is 290 g/mol. The Morgan fingerprint density at radius 2 is 2.00 bits per heavy atom. The first-order valence-corrected chi connectivity index (χ1v) is 7.40. The van der Waals surface area contributed by atoms with Gasteiger partial charge in [-0.05, 0) is 12.8 Å². The summed E-state index contributed by atoms with van der Waals surface area (Å²) < 4.78 is 16.3. The van der Waals surface area contributed by atoms with Crippen molar-refractivity contribution in [3.05, 3.63) is 0 Å². The minimum absolute atomic E-state index is 0.135. The molecule has 2 atom stereocenters. The van der Waals surface area contributed by atoms with E-state index < -0.39 is 28.7 Å². The molecule has 2 N–H and O–H groups in total. The van der Waals surface area contributed by atoms with E-state index in [1.165, 1.54) is 14.0 Å². The number of carbonyl (C=O) groups excluding carboxylic acids is 3. The largest absolute Gasteiger partial charge is 0.467 e. The SMILES string of the molecule is COC(=O)C(CS(=O)CC(=O)NC1CC1)NC(C)=O. The standard InChI is InChI=1S/C11H18N2O5S/c1-7(14)12-9(11(16)18-2)5-19(17)6-10(15)13-8-3-4-8/h8-9H,3-6H2,1-2H3,(H,12,14)(H,13,15). The van der Waals surface area contributed by atoms with E-state index in [0.717, 1.165) is 12.8 Å². The fourth-order valence-corrected chi connectivity index (χ4v) is 2.53. The van der Waals surface area contributed by atoms with Crippen LogP contribution in [0.4, 0.5) is 0 Å². The van der Waals surface area contributed by atoms with E-state index in [2.05, 4.69) is 15.4 Å². The van der Waals surface area contributed by atoms with Crippen LogP contribution in [0.25, 0.3) is 0 Å². The maximum atomic E-state index is 11.8. The number of hydrogen-bond acceptors (Lipinski definition) is 5. The van der Waals surface area contributed by atoms with Gasteiger partial charge in [0.05, 0.1) is 12.9 Å². The molecule has 0 heterocycles. The van der Waals surface area contributed by atoms with Gasteiger partial charge >= 0.3 is 5.97 Å². The van der Waals surface area contributed by atoms with E-state index in [-0.39, 0.29) is 23.5 Å². The Bertz CT molecular complexity index is 395. The van der Waals surface area contributed by atoms with E-state index in [1.807, 2.05) is 0 Å². The highest BCUT2D eigenvalue weighted by Gasteiger charge is 2.26. The monoisotopic (exact) mass is 290 g/mol. The van der Waals surface area contributed by atoms with E-state index in [4.69, 9.17) is 0 Å². The number of ether oxygens (including phenoxy) is 1. The number of esters is 1.